The number of aryl methyl sites for hydroxylation is 2. The number of hydrogen-bond acceptors (Lipinski definition) is 4. The van der Waals surface area contributed by atoms with Gasteiger partial charge in [0, 0.05) is 56.7 Å². The number of nitrogens with zero attached hydrogens (tertiary/aromatic N) is 2. The van der Waals surface area contributed by atoms with E-state index in [0.717, 1.165) is 56.7 Å². The van der Waals surface area contributed by atoms with Gasteiger partial charge in [-0.2, -0.15) is 0 Å². The molecule has 4 aromatic carbocycles. The first kappa shape index (κ1) is 27.9. The summed E-state index contributed by atoms with van der Waals surface area (Å²) in [4.78, 5) is 44.5. The Kier molecular flexibility index (Phi) is 7.13. The molecule has 42 heavy (non-hydrogen) atoms. The van der Waals surface area contributed by atoms with Gasteiger partial charge in [-0.15, -0.1) is 0 Å². The summed E-state index contributed by atoms with van der Waals surface area (Å²) in [5, 5.41) is 39.5. The predicted octanol–water partition coefficient (Wildman–Crippen LogP) is 6.42. The number of aromatic nitrogens is 2. The minimum Gasteiger partial charge on any atom is -0.478 e. The molecule has 6 rings (SSSR count). The van der Waals surface area contributed by atoms with Crippen LogP contribution in [0.4, 0.5) is 0 Å². The minimum atomic E-state index is -0.997. The maximum Gasteiger partial charge on any atom is 0.335 e. The SMILES string of the molecule is CCn1c2ccc(C(=O)O)cc2c2cc(C(=O)O)ccc21.CCn1c2ccc(C(=O)O)cc2c2cc(C(=O)O)ccc21. The van der Waals surface area contributed by atoms with E-state index < -0.39 is 23.9 Å². The molecule has 0 aliphatic rings. The highest BCUT2D eigenvalue weighted by atomic mass is 16.4. The first-order valence-electron chi connectivity index (χ1n) is 13.1. The normalized spacial score (nSPS) is 11.1. The van der Waals surface area contributed by atoms with Crippen molar-refractivity contribution in [3.8, 4) is 0 Å². The van der Waals surface area contributed by atoms with Crippen LogP contribution in [0.1, 0.15) is 55.3 Å². The molecule has 6 aromatic rings. The number of carboxylic acid groups (broad SMARTS) is 4. The fourth-order valence-corrected chi connectivity index (χ4v) is 5.42. The zero-order valence-electron chi connectivity index (χ0n) is 22.7. The minimum absolute atomic E-state index is 0.193. The van der Waals surface area contributed by atoms with Gasteiger partial charge in [-0.3, -0.25) is 0 Å². The third-order valence-electron chi connectivity index (χ3n) is 7.35. The molecule has 0 amide bonds. The van der Waals surface area contributed by atoms with Gasteiger partial charge < -0.3 is 29.6 Å². The van der Waals surface area contributed by atoms with Crippen molar-refractivity contribution < 1.29 is 39.6 Å². The molecule has 0 saturated carbocycles. The molecule has 2 aromatic heterocycles. The predicted molar refractivity (Wildman–Crippen MR) is 158 cm³/mol. The van der Waals surface area contributed by atoms with Crippen LogP contribution in [0.5, 0.6) is 0 Å². The quantitative estimate of drug-likeness (QED) is 0.180. The second-order valence-corrected chi connectivity index (χ2v) is 9.64. The molecule has 0 saturated heterocycles. The van der Waals surface area contributed by atoms with Crippen molar-refractivity contribution >= 4 is 67.5 Å². The van der Waals surface area contributed by atoms with E-state index in [4.69, 9.17) is 20.4 Å². The summed E-state index contributed by atoms with van der Waals surface area (Å²) in [6, 6.07) is 19.7. The Hall–Kier alpha value is -5.64. The Labute approximate surface area is 238 Å². The molecule has 10 nitrogen and oxygen atoms in total. The topological polar surface area (TPSA) is 159 Å². The number of rotatable bonds is 6. The lowest BCUT2D eigenvalue weighted by atomic mass is 10.1. The Morgan fingerprint density at radius 3 is 0.833 bits per heavy atom. The van der Waals surface area contributed by atoms with E-state index in [9.17, 15) is 19.2 Å². The van der Waals surface area contributed by atoms with E-state index in [1.54, 1.807) is 72.8 Å². The summed E-state index contributed by atoms with van der Waals surface area (Å²) < 4.78 is 4.09. The van der Waals surface area contributed by atoms with Crippen molar-refractivity contribution in [2.45, 2.75) is 26.9 Å². The molecular formula is C32H26N2O8. The fraction of sp³-hybridized carbons (Fsp3) is 0.125. The molecular weight excluding hydrogens is 540 g/mol. The number of fused-ring (bicyclic) bond motifs is 6. The second kappa shape index (κ2) is 10.7. The van der Waals surface area contributed by atoms with Gasteiger partial charge in [0.25, 0.3) is 0 Å². The first-order chi connectivity index (χ1) is 20.0. The van der Waals surface area contributed by atoms with Crippen molar-refractivity contribution in [1.82, 2.24) is 9.13 Å². The number of carboxylic acids is 4. The molecule has 0 bridgehead atoms. The van der Waals surface area contributed by atoms with Gasteiger partial charge in [-0.1, -0.05) is 0 Å². The fourth-order valence-electron chi connectivity index (χ4n) is 5.42. The Balaban J connectivity index is 0.000000168. The molecule has 0 radical (unpaired) electrons. The number of hydrogen-bond donors (Lipinski definition) is 4. The monoisotopic (exact) mass is 566 g/mol. The van der Waals surface area contributed by atoms with E-state index in [1.165, 1.54) is 0 Å². The van der Waals surface area contributed by atoms with Crippen molar-refractivity contribution in [2.24, 2.45) is 0 Å². The van der Waals surface area contributed by atoms with Crippen molar-refractivity contribution in [3.63, 3.8) is 0 Å². The molecule has 0 spiro atoms. The third-order valence-corrected chi connectivity index (χ3v) is 7.35. The number of aromatic carboxylic acids is 4. The summed E-state index contributed by atoms with van der Waals surface area (Å²) in [5.74, 6) is -3.99. The van der Waals surface area contributed by atoms with E-state index in [1.807, 2.05) is 23.0 Å². The molecule has 0 fully saturated rings. The Morgan fingerprint density at radius 1 is 0.452 bits per heavy atom. The smallest absolute Gasteiger partial charge is 0.335 e. The first-order valence-corrected chi connectivity index (χ1v) is 13.1. The van der Waals surface area contributed by atoms with Crippen LogP contribution in [0.2, 0.25) is 0 Å². The maximum atomic E-state index is 11.1. The maximum absolute atomic E-state index is 11.1. The van der Waals surface area contributed by atoms with Crippen LogP contribution < -0.4 is 0 Å². The van der Waals surface area contributed by atoms with Crippen LogP contribution in [0.15, 0.2) is 72.8 Å². The van der Waals surface area contributed by atoms with Crippen molar-refractivity contribution in [2.75, 3.05) is 0 Å². The molecule has 212 valence electrons. The summed E-state index contributed by atoms with van der Waals surface area (Å²) >= 11 is 0. The van der Waals surface area contributed by atoms with Gasteiger partial charge in [-0.25, -0.2) is 19.2 Å². The summed E-state index contributed by atoms with van der Waals surface area (Å²) in [7, 11) is 0. The lowest BCUT2D eigenvalue weighted by molar-refractivity contribution is 0.0686. The van der Waals surface area contributed by atoms with Crippen LogP contribution in [-0.4, -0.2) is 53.4 Å². The van der Waals surface area contributed by atoms with Crippen molar-refractivity contribution in [3.05, 3.63) is 95.1 Å². The van der Waals surface area contributed by atoms with Crippen LogP contribution >= 0.6 is 0 Å². The molecule has 10 heteroatoms. The third kappa shape index (κ3) is 4.68. The van der Waals surface area contributed by atoms with Gasteiger partial charge in [0.15, 0.2) is 0 Å². The van der Waals surface area contributed by atoms with Crippen molar-refractivity contribution in [1.29, 1.82) is 0 Å². The van der Waals surface area contributed by atoms with E-state index >= 15 is 0 Å². The van der Waals surface area contributed by atoms with Gasteiger partial charge in [0.2, 0.25) is 0 Å². The standard InChI is InChI=1S/2C16H13NO4/c2*1-2-17-13-5-3-9(15(18)19)7-11(13)12-8-10(16(20)21)4-6-14(12)17/h2*3-8H,2H2,1H3,(H,18,19)(H,20,21). The highest BCUT2D eigenvalue weighted by Gasteiger charge is 2.16. The molecule has 2 heterocycles. The number of benzene rings is 4. The largest absolute Gasteiger partial charge is 0.478 e. The van der Waals surface area contributed by atoms with Crippen LogP contribution in [0.25, 0.3) is 43.6 Å². The molecule has 0 unspecified atom stereocenters. The highest BCUT2D eigenvalue weighted by molar-refractivity contribution is 6.13. The zero-order chi connectivity index (χ0) is 30.3. The van der Waals surface area contributed by atoms with Crippen LogP contribution in [-0.2, 0) is 13.1 Å². The van der Waals surface area contributed by atoms with E-state index in [2.05, 4.69) is 0 Å². The molecule has 4 N–H and O–H groups in total. The average molecular weight is 567 g/mol. The highest BCUT2D eigenvalue weighted by Crippen LogP contribution is 2.32. The molecule has 0 atom stereocenters. The van der Waals surface area contributed by atoms with E-state index in [-0.39, 0.29) is 22.3 Å². The van der Waals surface area contributed by atoms with Gasteiger partial charge in [0.05, 0.1) is 22.3 Å². The summed E-state index contributed by atoms with van der Waals surface area (Å²) in [5.41, 5.74) is 4.38. The zero-order valence-corrected chi connectivity index (χ0v) is 22.7. The average Bonchev–Trinajstić information content (AvgIpc) is 3.47. The lowest BCUT2D eigenvalue weighted by Crippen LogP contribution is -1.97. The Bertz CT molecular complexity index is 1790. The lowest BCUT2D eigenvalue weighted by Gasteiger charge is -2.03. The number of carbonyl (C=O) groups is 4. The van der Waals surface area contributed by atoms with Crippen LogP contribution in [0, 0.1) is 0 Å². The van der Waals surface area contributed by atoms with Gasteiger partial charge in [0.1, 0.15) is 0 Å². The molecule has 0 aliphatic heterocycles. The van der Waals surface area contributed by atoms with Gasteiger partial charge in [-0.05, 0) is 86.6 Å². The van der Waals surface area contributed by atoms with Crippen LogP contribution in [0.3, 0.4) is 0 Å². The van der Waals surface area contributed by atoms with E-state index in [0.29, 0.717) is 0 Å². The summed E-state index contributed by atoms with van der Waals surface area (Å²) in [6.07, 6.45) is 0. The molecule has 0 aliphatic carbocycles. The Morgan fingerprint density at radius 2 is 0.667 bits per heavy atom. The van der Waals surface area contributed by atoms with Gasteiger partial charge >= 0.3 is 23.9 Å². The summed E-state index contributed by atoms with van der Waals surface area (Å²) in [6.45, 7) is 5.43. The second-order valence-electron chi connectivity index (χ2n) is 9.64.